The molecule has 1 aromatic heterocycles. The molecule has 0 spiro atoms. The van der Waals surface area contributed by atoms with Crippen LogP contribution in [-0.4, -0.2) is 27.9 Å². The lowest BCUT2D eigenvalue weighted by molar-refractivity contribution is 0.296. The quantitative estimate of drug-likeness (QED) is 0.714. The van der Waals surface area contributed by atoms with Crippen LogP contribution in [-0.2, 0) is 0 Å². The molecule has 2 N–H and O–H groups in total. The highest BCUT2D eigenvalue weighted by molar-refractivity contribution is 4.82. The van der Waals surface area contributed by atoms with E-state index in [-0.39, 0.29) is 5.69 Å². The average Bonchev–Trinajstić information content (AvgIpc) is 2.65. The van der Waals surface area contributed by atoms with Crippen LogP contribution in [0.5, 0.6) is 0 Å². The van der Waals surface area contributed by atoms with E-state index in [1.54, 1.807) is 10.9 Å². The number of rotatable bonds is 2. The number of nitrogens with zero attached hydrogens (tertiary/aromatic N) is 2. The van der Waals surface area contributed by atoms with Crippen molar-refractivity contribution >= 4 is 0 Å². The molecule has 14 heavy (non-hydrogen) atoms. The SMILES string of the molecule is CNC1CCC(n2cn[nH]c2=O)CC1. The van der Waals surface area contributed by atoms with E-state index >= 15 is 0 Å². The fraction of sp³-hybridized carbons (Fsp3) is 0.778. The molecule has 0 amide bonds. The zero-order chi connectivity index (χ0) is 9.97. The summed E-state index contributed by atoms with van der Waals surface area (Å²) in [7, 11) is 2.00. The highest BCUT2D eigenvalue weighted by Gasteiger charge is 2.22. The van der Waals surface area contributed by atoms with Gasteiger partial charge in [0.15, 0.2) is 0 Å². The van der Waals surface area contributed by atoms with E-state index in [1.807, 2.05) is 7.05 Å². The Morgan fingerprint density at radius 1 is 1.50 bits per heavy atom. The van der Waals surface area contributed by atoms with Crippen molar-refractivity contribution in [2.45, 2.75) is 37.8 Å². The van der Waals surface area contributed by atoms with E-state index in [2.05, 4.69) is 15.5 Å². The first-order valence-corrected chi connectivity index (χ1v) is 5.10. The lowest BCUT2D eigenvalue weighted by Gasteiger charge is -2.28. The maximum atomic E-state index is 11.3. The van der Waals surface area contributed by atoms with Gasteiger partial charge in [0.05, 0.1) is 0 Å². The van der Waals surface area contributed by atoms with Crippen LogP contribution < -0.4 is 11.0 Å². The van der Waals surface area contributed by atoms with E-state index in [0.29, 0.717) is 12.1 Å². The van der Waals surface area contributed by atoms with Crippen LogP contribution in [0.25, 0.3) is 0 Å². The van der Waals surface area contributed by atoms with Crippen molar-refractivity contribution < 1.29 is 0 Å². The van der Waals surface area contributed by atoms with Gasteiger partial charge in [-0.25, -0.2) is 9.89 Å². The first kappa shape index (κ1) is 9.45. The molecule has 1 saturated carbocycles. The number of hydrogen-bond acceptors (Lipinski definition) is 3. The standard InChI is InChI=1S/C9H16N4O/c1-10-7-2-4-8(5-3-7)13-6-11-12-9(13)14/h6-8,10H,2-5H2,1H3,(H,12,14). The van der Waals surface area contributed by atoms with Gasteiger partial charge in [0.2, 0.25) is 0 Å². The predicted octanol–water partition coefficient (Wildman–Crippen LogP) is 0.274. The van der Waals surface area contributed by atoms with Crippen LogP contribution in [0, 0.1) is 0 Å². The summed E-state index contributed by atoms with van der Waals surface area (Å²) in [6.45, 7) is 0. The zero-order valence-electron chi connectivity index (χ0n) is 8.36. The van der Waals surface area contributed by atoms with E-state index in [9.17, 15) is 4.79 Å². The third kappa shape index (κ3) is 1.72. The van der Waals surface area contributed by atoms with Gasteiger partial charge in [-0.05, 0) is 32.7 Å². The minimum absolute atomic E-state index is 0.0853. The Balaban J connectivity index is 2.02. The first-order valence-electron chi connectivity index (χ1n) is 5.10. The Hall–Kier alpha value is -1.10. The first-order chi connectivity index (χ1) is 6.81. The summed E-state index contributed by atoms with van der Waals surface area (Å²) in [5.41, 5.74) is -0.0853. The Kier molecular flexibility index (Phi) is 2.67. The second-order valence-corrected chi connectivity index (χ2v) is 3.86. The molecule has 2 rings (SSSR count). The van der Waals surface area contributed by atoms with Crippen LogP contribution in [0.2, 0.25) is 0 Å². The van der Waals surface area contributed by atoms with Crippen molar-refractivity contribution in [3.05, 3.63) is 16.8 Å². The Bertz CT molecular complexity index is 335. The van der Waals surface area contributed by atoms with Crippen LogP contribution in [0.15, 0.2) is 11.1 Å². The molecule has 1 aromatic rings. The number of nitrogens with one attached hydrogen (secondary N) is 2. The maximum absolute atomic E-state index is 11.3. The van der Waals surface area contributed by atoms with Gasteiger partial charge >= 0.3 is 5.69 Å². The molecule has 0 radical (unpaired) electrons. The summed E-state index contributed by atoms with van der Waals surface area (Å²) < 4.78 is 1.71. The Labute approximate surface area is 82.5 Å². The number of aromatic nitrogens is 3. The third-order valence-corrected chi connectivity index (χ3v) is 3.08. The van der Waals surface area contributed by atoms with Gasteiger partial charge < -0.3 is 5.32 Å². The summed E-state index contributed by atoms with van der Waals surface area (Å²) in [4.78, 5) is 11.3. The molecule has 78 valence electrons. The molecule has 1 fully saturated rings. The van der Waals surface area contributed by atoms with Gasteiger partial charge in [-0.1, -0.05) is 0 Å². The van der Waals surface area contributed by atoms with E-state index in [1.165, 1.54) is 0 Å². The minimum Gasteiger partial charge on any atom is -0.317 e. The van der Waals surface area contributed by atoms with Gasteiger partial charge in [0.1, 0.15) is 6.33 Å². The lowest BCUT2D eigenvalue weighted by Crippen LogP contribution is -2.33. The number of aromatic amines is 1. The van der Waals surface area contributed by atoms with Gasteiger partial charge in [0, 0.05) is 12.1 Å². The van der Waals surface area contributed by atoms with Crippen molar-refractivity contribution in [1.29, 1.82) is 0 Å². The van der Waals surface area contributed by atoms with Crippen LogP contribution in [0.3, 0.4) is 0 Å². The molecule has 0 unspecified atom stereocenters. The van der Waals surface area contributed by atoms with Gasteiger partial charge in [0.25, 0.3) is 0 Å². The maximum Gasteiger partial charge on any atom is 0.343 e. The monoisotopic (exact) mass is 196 g/mol. The Morgan fingerprint density at radius 3 is 2.71 bits per heavy atom. The summed E-state index contributed by atoms with van der Waals surface area (Å²) >= 11 is 0. The number of H-pyrrole nitrogens is 1. The minimum atomic E-state index is -0.0853. The third-order valence-electron chi connectivity index (χ3n) is 3.08. The molecule has 1 aliphatic rings. The predicted molar refractivity (Wildman–Crippen MR) is 53.2 cm³/mol. The van der Waals surface area contributed by atoms with Crippen molar-refractivity contribution in [2.24, 2.45) is 0 Å². The van der Waals surface area contributed by atoms with E-state index < -0.39 is 0 Å². The topological polar surface area (TPSA) is 62.7 Å². The molecular weight excluding hydrogens is 180 g/mol. The number of hydrogen-bond donors (Lipinski definition) is 2. The van der Waals surface area contributed by atoms with Gasteiger partial charge in [-0.2, -0.15) is 5.10 Å². The van der Waals surface area contributed by atoms with Crippen LogP contribution in [0.4, 0.5) is 0 Å². The van der Waals surface area contributed by atoms with Crippen molar-refractivity contribution in [3.63, 3.8) is 0 Å². The van der Waals surface area contributed by atoms with Crippen LogP contribution in [0.1, 0.15) is 31.7 Å². The fourth-order valence-electron chi connectivity index (χ4n) is 2.16. The van der Waals surface area contributed by atoms with Gasteiger partial charge in [-0.15, -0.1) is 0 Å². The summed E-state index contributed by atoms with van der Waals surface area (Å²) in [5, 5.41) is 9.45. The summed E-state index contributed by atoms with van der Waals surface area (Å²) in [6, 6.07) is 0.958. The molecule has 5 heteroatoms. The van der Waals surface area contributed by atoms with Crippen LogP contribution >= 0.6 is 0 Å². The van der Waals surface area contributed by atoms with E-state index in [0.717, 1.165) is 25.7 Å². The van der Waals surface area contributed by atoms with E-state index in [4.69, 9.17) is 0 Å². The molecule has 0 bridgehead atoms. The van der Waals surface area contributed by atoms with Crippen molar-refractivity contribution in [2.75, 3.05) is 7.05 Å². The average molecular weight is 196 g/mol. The molecule has 1 aliphatic carbocycles. The molecule has 1 heterocycles. The largest absolute Gasteiger partial charge is 0.343 e. The molecule has 5 nitrogen and oxygen atoms in total. The van der Waals surface area contributed by atoms with Crippen molar-refractivity contribution in [1.82, 2.24) is 20.1 Å². The smallest absolute Gasteiger partial charge is 0.317 e. The molecular formula is C9H16N4O. The molecule has 0 aliphatic heterocycles. The fourth-order valence-corrected chi connectivity index (χ4v) is 2.16. The zero-order valence-corrected chi connectivity index (χ0v) is 8.36. The highest BCUT2D eigenvalue weighted by atomic mass is 16.1. The van der Waals surface area contributed by atoms with Crippen molar-refractivity contribution in [3.8, 4) is 0 Å². The van der Waals surface area contributed by atoms with Gasteiger partial charge in [-0.3, -0.25) is 4.57 Å². The highest BCUT2D eigenvalue weighted by Crippen LogP contribution is 2.26. The Morgan fingerprint density at radius 2 is 2.21 bits per heavy atom. The second-order valence-electron chi connectivity index (χ2n) is 3.86. The lowest BCUT2D eigenvalue weighted by atomic mass is 9.91. The normalized spacial score (nSPS) is 27.8. The summed E-state index contributed by atoms with van der Waals surface area (Å²) in [5.74, 6) is 0. The second kappa shape index (κ2) is 3.96. The molecule has 0 saturated heterocycles. The summed E-state index contributed by atoms with van der Waals surface area (Å²) in [6.07, 6.45) is 6.00. The molecule has 0 atom stereocenters. The molecule has 0 aromatic carbocycles.